The number of amides is 1. The van der Waals surface area contributed by atoms with Gasteiger partial charge in [-0.05, 0) is 47.7 Å². The van der Waals surface area contributed by atoms with Gasteiger partial charge in [0.2, 0.25) is 5.91 Å². The van der Waals surface area contributed by atoms with Crippen LogP contribution in [0.15, 0.2) is 42.6 Å². The quantitative estimate of drug-likeness (QED) is 0.494. The molecular formula is C24H22F6N4O2. The normalized spacial score (nSPS) is 24.2. The SMILES string of the molecule is O=C1CC(c2ccnc3[nH]c(-c4cccc(C(F)(F)F)c4)cc23)CC(N2CCOCC2C(F)(F)F)N1. The third-order valence-corrected chi connectivity index (χ3v) is 6.72. The second-order valence-corrected chi connectivity index (χ2v) is 9.01. The molecule has 2 aliphatic heterocycles. The Morgan fingerprint density at radius 2 is 1.89 bits per heavy atom. The number of rotatable bonds is 3. The van der Waals surface area contributed by atoms with E-state index in [0.717, 1.165) is 12.1 Å². The number of piperidine rings is 1. The zero-order valence-electron chi connectivity index (χ0n) is 18.8. The van der Waals surface area contributed by atoms with Crippen LogP contribution < -0.4 is 5.32 Å². The van der Waals surface area contributed by atoms with E-state index in [9.17, 15) is 31.1 Å². The van der Waals surface area contributed by atoms with Crippen molar-refractivity contribution in [2.45, 2.75) is 43.3 Å². The van der Waals surface area contributed by atoms with Crippen molar-refractivity contribution in [1.82, 2.24) is 20.2 Å². The maximum absolute atomic E-state index is 13.6. The van der Waals surface area contributed by atoms with Crippen molar-refractivity contribution in [1.29, 1.82) is 0 Å². The fourth-order valence-corrected chi connectivity index (χ4v) is 5.03. The van der Waals surface area contributed by atoms with Gasteiger partial charge in [-0.3, -0.25) is 9.69 Å². The number of ether oxygens (including phenoxy) is 1. The molecule has 6 nitrogen and oxygen atoms in total. The van der Waals surface area contributed by atoms with Gasteiger partial charge in [0.15, 0.2) is 0 Å². The lowest BCUT2D eigenvalue weighted by molar-refractivity contribution is -0.221. The molecule has 2 aromatic heterocycles. The Balaban J connectivity index is 1.47. The number of aromatic nitrogens is 2. The summed E-state index contributed by atoms with van der Waals surface area (Å²) in [6.07, 6.45) is -8.02. The number of nitrogens with zero attached hydrogens (tertiary/aromatic N) is 2. The Bertz CT molecular complexity index is 1270. The first-order valence-corrected chi connectivity index (χ1v) is 11.4. The molecule has 1 amide bonds. The van der Waals surface area contributed by atoms with Gasteiger partial charge in [-0.15, -0.1) is 0 Å². The Labute approximate surface area is 201 Å². The third-order valence-electron chi connectivity index (χ3n) is 6.72. The van der Waals surface area contributed by atoms with E-state index < -0.39 is 42.6 Å². The van der Waals surface area contributed by atoms with E-state index >= 15 is 0 Å². The fourth-order valence-electron chi connectivity index (χ4n) is 5.03. The fraction of sp³-hybridized carbons (Fsp3) is 0.417. The van der Waals surface area contributed by atoms with Crippen molar-refractivity contribution in [2.24, 2.45) is 0 Å². The zero-order chi connectivity index (χ0) is 25.7. The number of carbonyl (C=O) groups excluding carboxylic acids is 1. The largest absolute Gasteiger partial charge is 0.416 e. The Morgan fingerprint density at radius 1 is 1.08 bits per heavy atom. The van der Waals surface area contributed by atoms with E-state index in [4.69, 9.17) is 4.74 Å². The van der Waals surface area contributed by atoms with Crippen molar-refractivity contribution in [2.75, 3.05) is 19.8 Å². The first-order chi connectivity index (χ1) is 17.0. The lowest BCUT2D eigenvalue weighted by Crippen LogP contribution is -2.63. The topological polar surface area (TPSA) is 70.2 Å². The maximum Gasteiger partial charge on any atom is 0.416 e. The molecule has 0 spiro atoms. The molecule has 2 N–H and O–H groups in total. The first kappa shape index (κ1) is 24.6. The van der Waals surface area contributed by atoms with Crippen molar-refractivity contribution in [3.8, 4) is 11.3 Å². The van der Waals surface area contributed by atoms with Crippen LogP contribution in [-0.4, -0.2) is 58.9 Å². The second kappa shape index (κ2) is 9.07. The van der Waals surface area contributed by atoms with Crippen molar-refractivity contribution in [3.05, 3.63) is 53.7 Å². The molecule has 5 rings (SSSR count). The van der Waals surface area contributed by atoms with Gasteiger partial charge in [-0.1, -0.05) is 12.1 Å². The number of fused-ring (bicyclic) bond motifs is 1. The van der Waals surface area contributed by atoms with E-state index in [1.54, 1.807) is 18.2 Å². The van der Waals surface area contributed by atoms with Gasteiger partial charge in [0.05, 0.1) is 24.9 Å². The number of aromatic amines is 1. The number of nitrogens with one attached hydrogen (secondary N) is 2. The maximum atomic E-state index is 13.6. The van der Waals surface area contributed by atoms with Gasteiger partial charge in [-0.2, -0.15) is 26.3 Å². The summed E-state index contributed by atoms with van der Waals surface area (Å²) >= 11 is 0. The van der Waals surface area contributed by atoms with Crippen LogP contribution in [0.2, 0.25) is 0 Å². The van der Waals surface area contributed by atoms with Crippen LogP contribution in [0.5, 0.6) is 0 Å². The predicted octanol–water partition coefficient (Wildman–Crippen LogP) is 4.83. The number of hydrogen-bond donors (Lipinski definition) is 2. The molecule has 4 heterocycles. The van der Waals surface area contributed by atoms with Crippen LogP contribution in [0.25, 0.3) is 22.3 Å². The van der Waals surface area contributed by atoms with Gasteiger partial charge >= 0.3 is 12.4 Å². The third kappa shape index (κ3) is 4.79. The summed E-state index contributed by atoms with van der Waals surface area (Å²) in [5, 5.41) is 3.30. The molecule has 36 heavy (non-hydrogen) atoms. The van der Waals surface area contributed by atoms with Crippen LogP contribution in [0, 0.1) is 0 Å². The van der Waals surface area contributed by atoms with Gasteiger partial charge in [-0.25, -0.2) is 4.98 Å². The van der Waals surface area contributed by atoms with Crippen LogP contribution in [0.4, 0.5) is 26.3 Å². The average Bonchev–Trinajstić information content (AvgIpc) is 3.27. The minimum Gasteiger partial charge on any atom is -0.378 e. The molecule has 2 saturated heterocycles. The highest BCUT2D eigenvalue weighted by Crippen LogP contribution is 2.38. The van der Waals surface area contributed by atoms with Gasteiger partial charge in [0, 0.05) is 30.2 Å². The van der Waals surface area contributed by atoms with Crippen molar-refractivity contribution < 1.29 is 35.9 Å². The Morgan fingerprint density at radius 3 is 2.64 bits per heavy atom. The molecule has 3 atom stereocenters. The van der Waals surface area contributed by atoms with Crippen molar-refractivity contribution in [3.63, 3.8) is 0 Å². The van der Waals surface area contributed by atoms with E-state index in [0.29, 0.717) is 27.9 Å². The Kier molecular flexibility index (Phi) is 6.19. The summed E-state index contributed by atoms with van der Waals surface area (Å²) in [5.74, 6) is -0.779. The number of carbonyl (C=O) groups is 1. The number of morpholine rings is 1. The minimum atomic E-state index is -4.51. The van der Waals surface area contributed by atoms with E-state index in [1.807, 2.05) is 0 Å². The minimum absolute atomic E-state index is 0.0252. The molecule has 192 valence electrons. The van der Waals surface area contributed by atoms with Crippen LogP contribution in [-0.2, 0) is 15.7 Å². The first-order valence-electron chi connectivity index (χ1n) is 11.4. The van der Waals surface area contributed by atoms with Crippen LogP contribution >= 0.6 is 0 Å². The number of halogens is 6. The van der Waals surface area contributed by atoms with Crippen LogP contribution in [0.1, 0.15) is 29.9 Å². The number of hydrogen-bond acceptors (Lipinski definition) is 4. The smallest absolute Gasteiger partial charge is 0.378 e. The van der Waals surface area contributed by atoms with Gasteiger partial charge in [0.25, 0.3) is 0 Å². The predicted molar refractivity (Wildman–Crippen MR) is 118 cm³/mol. The highest BCUT2D eigenvalue weighted by Gasteiger charge is 2.48. The summed E-state index contributed by atoms with van der Waals surface area (Å²) < 4.78 is 85.4. The summed E-state index contributed by atoms with van der Waals surface area (Å²) in [5.41, 5.74) is 1.06. The molecule has 1 aromatic carbocycles. The molecule has 2 fully saturated rings. The van der Waals surface area contributed by atoms with Gasteiger partial charge in [0.1, 0.15) is 11.7 Å². The molecule has 2 aliphatic rings. The van der Waals surface area contributed by atoms with E-state index in [1.165, 1.54) is 17.2 Å². The summed E-state index contributed by atoms with van der Waals surface area (Å²) in [6.45, 7) is -0.350. The summed E-state index contributed by atoms with van der Waals surface area (Å²) in [7, 11) is 0. The van der Waals surface area contributed by atoms with E-state index in [-0.39, 0.29) is 31.9 Å². The Hall–Kier alpha value is -3.12. The van der Waals surface area contributed by atoms with Gasteiger partial charge < -0.3 is 15.0 Å². The molecule has 0 bridgehead atoms. The molecule has 3 aromatic rings. The zero-order valence-corrected chi connectivity index (χ0v) is 18.8. The summed E-state index contributed by atoms with van der Waals surface area (Å²) in [6, 6.07) is 6.41. The molecule has 0 saturated carbocycles. The summed E-state index contributed by atoms with van der Waals surface area (Å²) in [4.78, 5) is 21.1. The lowest BCUT2D eigenvalue weighted by atomic mass is 9.86. The average molecular weight is 512 g/mol. The number of alkyl halides is 6. The molecular weight excluding hydrogens is 490 g/mol. The molecule has 3 unspecified atom stereocenters. The second-order valence-electron chi connectivity index (χ2n) is 9.01. The highest BCUT2D eigenvalue weighted by atomic mass is 19.4. The number of pyridine rings is 1. The monoisotopic (exact) mass is 512 g/mol. The lowest BCUT2D eigenvalue weighted by Gasteiger charge is -2.44. The number of H-pyrrole nitrogens is 1. The van der Waals surface area contributed by atoms with E-state index in [2.05, 4.69) is 15.3 Å². The highest BCUT2D eigenvalue weighted by molar-refractivity contribution is 5.87. The standard InChI is InChI=1S/C24H22F6N4O2/c25-23(26,27)15-3-1-2-13(8-15)18-11-17-16(4-5-31-22(17)32-18)14-9-20(33-21(35)10-14)34-6-7-36-12-19(34)24(28,29)30/h1-5,8,11,14,19-20H,6-7,9-10,12H2,(H,31,32)(H,33,35). The van der Waals surface area contributed by atoms with Crippen molar-refractivity contribution >= 4 is 16.9 Å². The molecule has 0 radical (unpaired) electrons. The number of benzene rings is 1. The van der Waals surface area contributed by atoms with Crippen LogP contribution in [0.3, 0.4) is 0 Å². The molecule has 12 heteroatoms. The molecule has 0 aliphatic carbocycles.